The number of fused-ring (bicyclic) bond motifs is 1. The third-order valence-electron chi connectivity index (χ3n) is 4.15. The van der Waals surface area contributed by atoms with E-state index in [2.05, 4.69) is 15.3 Å². The summed E-state index contributed by atoms with van der Waals surface area (Å²) in [7, 11) is 0. The highest BCUT2D eigenvalue weighted by Gasteiger charge is 2.27. The predicted octanol–water partition coefficient (Wildman–Crippen LogP) is 2.73. The van der Waals surface area contributed by atoms with E-state index >= 15 is 0 Å². The summed E-state index contributed by atoms with van der Waals surface area (Å²) >= 11 is 0. The van der Waals surface area contributed by atoms with Gasteiger partial charge in [-0.15, -0.1) is 0 Å². The van der Waals surface area contributed by atoms with Gasteiger partial charge >= 0.3 is 0 Å². The number of allylic oxidation sites excluding steroid dienone is 2. The predicted molar refractivity (Wildman–Crippen MR) is 102 cm³/mol. The number of para-hydroxylation sites is 1. The number of anilines is 1. The van der Waals surface area contributed by atoms with Crippen LogP contribution in [0.15, 0.2) is 88.0 Å². The van der Waals surface area contributed by atoms with Gasteiger partial charge in [-0.05, 0) is 18.2 Å². The van der Waals surface area contributed by atoms with E-state index in [1.54, 1.807) is 48.5 Å². The summed E-state index contributed by atoms with van der Waals surface area (Å²) < 4.78 is 0. The maximum Gasteiger partial charge on any atom is 0.280 e. The van der Waals surface area contributed by atoms with Crippen molar-refractivity contribution in [3.8, 4) is 0 Å². The van der Waals surface area contributed by atoms with E-state index in [9.17, 15) is 14.4 Å². The van der Waals surface area contributed by atoms with Crippen molar-refractivity contribution >= 4 is 35.2 Å². The Morgan fingerprint density at radius 2 is 1.63 bits per heavy atom. The SMILES string of the molecule is O=C1C=C(Nc2ccccc2C(=O)c2ccccc2)C=C2C(=O)N=CN=C12. The third kappa shape index (κ3) is 3.16. The molecule has 4 rings (SSSR count). The highest BCUT2D eigenvalue weighted by Crippen LogP contribution is 2.24. The molecule has 0 bridgehead atoms. The summed E-state index contributed by atoms with van der Waals surface area (Å²) in [4.78, 5) is 44.5. The van der Waals surface area contributed by atoms with E-state index in [1.807, 2.05) is 6.07 Å². The Balaban J connectivity index is 1.68. The van der Waals surface area contributed by atoms with Crippen molar-refractivity contribution in [2.45, 2.75) is 0 Å². The lowest BCUT2D eigenvalue weighted by Gasteiger charge is -2.17. The van der Waals surface area contributed by atoms with Gasteiger partial charge in [0.05, 0.1) is 5.57 Å². The molecule has 1 amide bonds. The molecule has 2 aromatic carbocycles. The van der Waals surface area contributed by atoms with Gasteiger partial charge in [0, 0.05) is 28.6 Å². The monoisotopic (exact) mass is 355 g/mol. The number of carbonyl (C=O) groups is 3. The van der Waals surface area contributed by atoms with Gasteiger partial charge < -0.3 is 5.32 Å². The summed E-state index contributed by atoms with van der Waals surface area (Å²) in [6.45, 7) is 0. The molecule has 130 valence electrons. The van der Waals surface area contributed by atoms with Crippen LogP contribution in [-0.2, 0) is 9.59 Å². The number of hydrogen-bond donors (Lipinski definition) is 1. The Hall–Kier alpha value is -3.93. The van der Waals surface area contributed by atoms with Crippen LogP contribution in [0.25, 0.3) is 0 Å². The normalized spacial score (nSPS) is 15.5. The van der Waals surface area contributed by atoms with Gasteiger partial charge in [-0.1, -0.05) is 42.5 Å². The molecule has 0 fully saturated rings. The molecule has 2 aliphatic rings. The van der Waals surface area contributed by atoms with Crippen LogP contribution in [-0.4, -0.2) is 29.5 Å². The zero-order chi connectivity index (χ0) is 18.8. The number of nitrogens with zero attached hydrogens (tertiary/aromatic N) is 2. The fourth-order valence-electron chi connectivity index (χ4n) is 2.88. The number of aliphatic imine (C=N–C) groups is 2. The van der Waals surface area contributed by atoms with Crippen LogP contribution in [0.3, 0.4) is 0 Å². The van der Waals surface area contributed by atoms with Crippen molar-refractivity contribution in [3.05, 3.63) is 89.1 Å². The second kappa shape index (κ2) is 6.76. The molecule has 1 aliphatic heterocycles. The fourth-order valence-corrected chi connectivity index (χ4v) is 2.88. The third-order valence-corrected chi connectivity index (χ3v) is 4.15. The molecule has 0 saturated carbocycles. The van der Waals surface area contributed by atoms with E-state index in [-0.39, 0.29) is 22.9 Å². The second-order valence-electron chi connectivity index (χ2n) is 5.92. The molecule has 0 saturated heterocycles. The minimum Gasteiger partial charge on any atom is -0.355 e. The number of carbonyl (C=O) groups excluding carboxylic acids is 3. The van der Waals surface area contributed by atoms with E-state index in [0.717, 1.165) is 6.34 Å². The lowest BCUT2D eigenvalue weighted by Crippen LogP contribution is -2.27. The Bertz CT molecular complexity index is 1090. The largest absolute Gasteiger partial charge is 0.355 e. The minimum absolute atomic E-state index is 0.0780. The van der Waals surface area contributed by atoms with Crippen molar-refractivity contribution in [3.63, 3.8) is 0 Å². The summed E-state index contributed by atoms with van der Waals surface area (Å²) in [6.07, 6.45) is 3.94. The number of hydrogen-bond acceptors (Lipinski definition) is 5. The minimum atomic E-state index is -0.519. The molecule has 1 N–H and O–H groups in total. The van der Waals surface area contributed by atoms with Crippen LogP contribution in [0, 0.1) is 0 Å². The Labute approximate surface area is 154 Å². The van der Waals surface area contributed by atoms with Gasteiger partial charge in [-0.25, -0.2) is 4.99 Å². The highest BCUT2D eigenvalue weighted by molar-refractivity contribution is 6.57. The smallest absolute Gasteiger partial charge is 0.280 e. The number of rotatable bonds is 4. The molecular weight excluding hydrogens is 342 g/mol. The van der Waals surface area contributed by atoms with E-state index in [1.165, 1.54) is 12.2 Å². The van der Waals surface area contributed by atoms with Crippen LogP contribution in [0.4, 0.5) is 5.69 Å². The fraction of sp³-hybridized carbons (Fsp3) is 0. The standard InChI is InChI=1S/C21H13N3O3/c25-18-11-14(10-16-19(18)22-12-23-21(16)27)24-17-9-5-4-8-15(17)20(26)13-6-2-1-3-7-13/h1-12,24H. The van der Waals surface area contributed by atoms with Crippen LogP contribution in [0.1, 0.15) is 15.9 Å². The maximum absolute atomic E-state index is 12.8. The quantitative estimate of drug-likeness (QED) is 0.675. The van der Waals surface area contributed by atoms with Crippen LogP contribution >= 0.6 is 0 Å². The molecule has 1 heterocycles. The van der Waals surface area contributed by atoms with Gasteiger partial charge in [-0.2, -0.15) is 4.99 Å². The highest BCUT2D eigenvalue weighted by atomic mass is 16.2. The average molecular weight is 355 g/mol. The topological polar surface area (TPSA) is 88.0 Å². The Morgan fingerprint density at radius 3 is 2.44 bits per heavy atom. The van der Waals surface area contributed by atoms with Gasteiger partial charge in [0.15, 0.2) is 5.78 Å². The molecule has 0 radical (unpaired) electrons. The molecular formula is C21H13N3O3. The van der Waals surface area contributed by atoms with E-state index in [4.69, 9.17) is 0 Å². The first-order valence-corrected chi connectivity index (χ1v) is 8.22. The zero-order valence-electron chi connectivity index (χ0n) is 14.0. The van der Waals surface area contributed by atoms with Crippen molar-refractivity contribution in [1.29, 1.82) is 0 Å². The summed E-state index contributed by atoms with van der Waals surface area (Å²) in [5.41, 5.74) is 2.17. The second-order valence-corrected chi connectivity index (χ2v) is 5.92. The van der Waals surface area contributed by atoms with Gasteiger partial charge in [0.1, 0.15) is 12.1 Å². The molecule has 0 unspecified atom stereocenters. The molecule has 2 aromatic rings. The van der Waals surface area contributed by atoms with Gasteiger partial charge in [0.2, 0.25) is 5.78 Å². The molecule has 0 atom stereocenters. The molecule has 0 aromatic heterocycles. The Kier molecular flexibility index (Phi) is 4.14. The van der Waals surface area contributed by atoms with Gasteiger partial charge in [0.25, 0.3) is 5.91 Å². The number of ketones is 2. The Morgan fingerprint density at radius 1 is 0.889 bits per heavy atom. The van der Waals surface area contributed by atoms with Crippen LogP contribution < -0.4 is 5.32 Å². The van der Waals surface area contributed by atoms with E-state index in [0.29, 0.717) is 22.5 Å². The van der Waals surface area contributed by atoms with Crippen LogP contribution in [0.2, 0.25) is 0 Å². The lowest BCUT2D eigenvalue weighted by atomic mass is 9.97. The summed E-state index contributed by atoms with van der Waals surface area (Å²) in [5.74, 6) is -1.05. The average Bonchev–Trinajstić information content (AvgIpc) is 2.69. The van der Waals surface area contributed by atoms with Crippen molar-refractivity contribution in [2.75, 3.05) is 5.32 Å². The zero-order valence-corrected chi connectivity index (χ0v) is 14.0. The molecule has 6 nitrogen and oxygen atoms in total. The van der Waals surface area contributed by atoms with Crippen molar-refractivity contribution in [1.82, 2.24) is 0 Å². The summed E-state index contributed by atoms with van der Waals surface area (Å²) in [5, 5.41) is 3.07. The number of amides is 1. The first-order chi connectivity index (χ1) is 13.1. The van der Waals surface area contributed by atoms with Crippen LogP contribution in [0.5, 0.6) is 0 Å². The first-order valence-electron chi connectivity index (χ1n) is 8.22. The lowest BCUT2D eigenvalue weighted by molar-refractivity contribution is -0.114. The first kappa shape index (κ1) is 16.5. The molecule has 1 aliphatic carbocycles. The molecule has 6 heteroatoms. The van der Waals surface area contributed by atoms with E-state index < -0.39 is 5.91 Å². The summed E-state index contributed by atoms with van der Waals surface area (Å²) in [6, 6.07) is 15.9. The maximum atomic E-state index is 12.8. The number of nitrogens with one attached hydrogen (secondary N) is 1. The molecule has 0 spiro atoms. The molecule has 27 heavy (non-hydrogen) atoms. The van der Waals surface area contributed by atoms with Crippen molar-refractivity contribution in [2.24, 2.45) is 9.98 Å². The van der Waals surface area contributed by atoms with Crippen molar-refractivity contribution < 1.29 is 14.4 Å². The number of benzene rings is 2. The van der Waals surface area contributed by atoms with Gasteiger partial charge in [-0.3, -0.25) is 14.4 Å².